The van der Waals surface area contributed by atoms with Gasteiger partial charge in [0.25, 0.3) is 11.8 Å². The number of likely N-dealkylation sites (tertiary alicyclic amines) is 1. The van der Waals surface area contributed by atoms with Crippen LogP contribution in [0.25, 0.3) is 0 Å². The molecule has 1 saturated heterocycles. The van der Waals surface area contributed by atoms with Crippen LogP contribution in [-0.4, -0.2) is 42.5 Å². The lowest BCUT2D eigenvalue weighted by Gasteiger charge is -2.39. The first-order chi connectivity index (χ1) is 10.9. The van der Waals surface area contributed by atoms with Crippen LogP contribution in [0.4, 0.5) is 0 Å². The third kappa shape index (κ3) is 3.94. The summed E-state index contributed by atoms with van der Waals surface area (Å²) in [6.45, 7) is 3.98. The number of piperidine rings is 1. The Morgan fingerprint density at radius 1 is 1.26 bits per heavy atom. The van der Waals surface area contributed by atoms with Gasteiger partial charge in [0, 0.05) is 18.2 Å². The van der Waals surface area contributed by atoms with Crippen molar-refractivity contribution in [2.75, 3.05) is 13.7 Å². The van der Waals surface area contributed by atoms with Gasteiger partial charge in [0.1, 0.15) is 11.5 Å². The number of carbonyl (C=O) groups excluding carboxylic acids is 2. The monoisotopic (exact) mass is 320 g/mol. The first-order valence-electron chi connectivity index (χ1n) is 7.85. The zero-order chi connectivity index (χ0) is 17.0. The van der Waals surface area contributed by atoms with Gasteiger partial charge in [-0.3, -0.25) is 9.59 Å². The maximum absolute atomic E-state index is 12.5. The van der Waals surface area contributed by atoms with E-state index in [1.165, 1.54) is 13.2 Å². The molecule has 0 saturated carbocycles. The number of rotatable bonds is 5. The lowest BCUT2D eigenvalue weighted by molar-refractivity contribution is -0.139. The van der Waals surface area contributed by atoms with Crippen LogP contribution in [0.1, 0.15) is 43.5 Å². The summed E-state index contributed by atoms with van der Waals surface area (Å²) >= 11 is 0. The summed E-state index contributed by atoms with van der Waals surface area (Å²) in [5.74, 6) is 0.123. The average molecular weight is 320 g/mol. The molecule has 2 rings (SSSR count). The number of hydrogen-bond acceptors (Lipinski definition) is 4. The van der Waals surface area contributed by atoms with E-state index in [-0.39, 0.29) is 35.9 Å². The van der Waals surface area contributed by atoms with E-state index in [9.17, 15) is 9.59 Å². The maximum atomic E-state index is 12.5. The van der Waals surface area contributed by atoms with Crippen LogP contribution in [0.2, 0.25) is 0 Å². The van der Waals surface area contributed by atoms with Gasteiger partial charge in [0.2, 0.25) is 0 Å². The van der Waals surface area contributed by atoms with E-state index in [1.54, 1.807) is 12.1 Å². The van der Waals surface area contributed by atoms with Gasteiger partial charge >= 0.3 is 0 Å². The molecule has 1 aliphatic rings. The Labute approximate surface area is 136 Å². The summed E-state index contributed by atoms with van der Waals surface area (Å²) in [4.78, 5) is 25.8. The van der Waals surface area contributed by atoms with Crippen molar-refractivity contribution in [3.05, 3.63) is 23.8 Å². The summed E-state index contributed by atoms with van der Waals surface area (Å²) in [6.07, 6.45) is 3.14. The minimum absolute atomic E-state index is 0.0806. The molecule has 2 N–H and O–H groups in total. The van der Waals surface area contributed by atoms with Crippen LogP contribution in [0.15, 0.2) is 18.2 Å². The van der Waals surface area contributed by atoms with Gasteiger partial charge < -0.3 is 20.1 Å². The van der Waals surface area contributed by atoms with Crippen molar-refractivity contribution in [1.82, 2.24) is 4.90 Å². The van der Waals surface area contributed by atoms with E-state index in [0.717, 1.165) is 19.3 Å². The molecule has 6 heteroatoms. The summed E-state index contributed by atoms with van der Waals surface area (Å²) in [7, 11) is 1.52. The number of amides is 2. The minimum Gasteiger partial charge on any atom is -0.497 e. The molecule has 0 bridgehead atoms. The van der Waals surface area contributed by atoms with E-state index in [4.69, 9.17) is 15.2 Å². The predicted molar refractivity (Wildman–Crippen MR) is 86.6 cm³/mol. The van der Waals surface area contributed by atoms with Crippen LogP contribution in [-0.2, 0) is 4.79 Å². The molecule has 23 heavy (non-hydrogen) atoms. The van der Waals surface area contributed by atoms with E-state index in [2.05, 4.69) is 0 Å². The topological polar surface area (TPSA) is 81.9 Å². The van der Waals surface area contributed by atoms with Crippen LogP contribution >= 0.6 is 0 Å². The van der Waals surface area contributed by atoms with E-state index in [1.807, 2.05) is 18.7 Å². The second-order valence-electron chi connectivity index (χ2n) is 5.94. The zero-order valence-corrected chi connectivity index (χ0v) is 13.9. The molecule has 0 aromatic heterocycles. The van der Waals surface area contributed by atoms with Crippen molar-refractivity contribution >= 4 is 11.8 Å². The SMILES string of the molecule is COc1ccc(C(N)=O)c(OCC(=O)N2[C@H](C)CCC[C@H]2C)c1. The number of methoxy groups -OCH3 is 1. The fourth-order valence-electron chi connectivity index (χ4n) is 3.08. The number of primary amides is 1. The Kier molecular flexibility index (Phi) is 5.47. The van der Waals surface area contributed by atoms with Gasteiger partial charge in [-0.2, -0.15) is 0 Å². The normalized spacial score (nSPS) is 20.9. The molecular formula is C17H24N2O4. The lowest BCUT2D eigenvalue weighted by atomic mass is 9.97. The van der Waals surface area contributed by atoms with Crippen molar-refractivity contribution in [2.45, 2.75) is 45.2 Å². The molecule has 2 amide bonds. The highest BCUT2D eigenvalue weighted by molar-refractivity contribution is 5.96. The third-order valence-corrected chi connectivity index (χ3v) is 4.29. The van der Waals surface area contributed by atoms with Crippen molar-refractivity contribution in [3.8, 4) is 11.5 Å². The van der Waals surface area contributed by atoms with Gasteiger partial charge in [0.05, 0.1) is 12.7 Å². The quantitative estimate of drug-likeness (QED) is 0.899. The molecule has 0 radical (unpaired) electrons. The Bertz CT molecular complexity index is 578. The molecule has 1 heterocycles. The number of carbonyl (C=O) groups is 2. The Hall–Kier alpha value is -2.24. The molecule has 0 spiro atoms. The third-order valence-electron chi connectivity index (χ3n) is 4.29. The molecular weight excluding hydrogens is 296 g/mol. The molecule has 0 unspecified atom stereocenters. The maximum Gasteiger partial charge on any atom is 0.260 e. The van der Waals surface area contributed by atoms with Crippen LogP contribution in [0.3, 0.4) is 0 Å². The van der Waals surface area contributed by atoms with Crippen molar-refractivity contribution in [1.29, 1.82) is 0 Å². The van der Waals surface area contributed by atoms with E-state index < -0.39 is 5.91 Å². The van der Waals surface area contributed by atoms with Gasteiger partial charge in [-0.15, -0.1) is 0 Å². The van der Waals surface area contributed by atoms with E-state index in [0.29, 0.717) is 5.75 Å². The number of hydrogen-bond donors (Lipinski definition) is 1. The fraction of sp³-hybridized carbons (Fsp3) is 0.529. The number of nitrogens with zero attached hydrogens (tertiary/aromatic N) is 1. The Morgan fingerprint density at radius 2 is 1.91 bits per heavy atom. The Balaban J connectivity index is 2.10. The zero-order valence-electron chi connectivity index (χ0n) is 13.9. The summed E-state index contributed by atoms with van der Waals surface area (Å²) < 4.78 is 10.7. The average Bonchev–Trinajstić information content (AvgIpc) is 2.52. The minimum atomic E-state index is -0.602. The Morgan fingerprint density at radius 3 is 2.48 bits per heavy atom. The first-order valence-corrected chi connectivity index (χ1v) is 7.85. The second-order valence-corrected chi connectivity index (χ2v) is 5.94. The number of nitrogens with two attached hydrogens (primary N) is 1. The predicted octanol–water partition coefficient (Wildman–Crippen LogP) is 1.96. The van der Waals surface area contributed by atoms with Gasteiger partial charge in [0.15, 0.2) is 6.61 Å². The molecule has 1 aliphatic heterocycles. The fourth-order valence-corrected chi connectivity index (χ4v) is 3.08. The van der Waals surface area contributed by atoms with Crippen LogP contribution in [0.5, 0.6) is 11.5 Å². The molecule has 1 aromatic carbocycles. The highest BCUT2D eigenvalue weighted by Gasteiger charge is 2.29. The van der Waals surface area contributed by atoms with Crippen molar-refractivity contribution in [3.63, 3.8) is 0 Å². The first kappa shape index (κ1) is 17.1. The van der Waals surface area contributed by atoms with Gasteiger partial charge in [-0.25, -0.2) is 0 Å². The largest absolute Gasteiger partial charge is 0.497 e. The standard InChI is InChI=1S/C17H24N2O4/c1-11-5-4-6-12(2)19(11)16(20)10-23-15-9-13(22-3)7-8-14(15)17(18)21/h7-9,11-12H,4-6,10H2,1-3H3,(H2,18,21)/t11-,12-/m1/s1. The summed E-state index contributed by atoms with van der Waals surface area (Å²) in [5, 5.41) is 0. The summed E-state index contributed by atoms with van der Waals surface area (Å²) in [5.41, 5.74) is 5.58. The highest BCUT2D eigenvalue weighted by atomic mass is 16.5. The summed E-state index contributed by atoms with van der Waals surface area (Å²) in [6, 6.07) is 5.14. The molecule has 0 aliphatic carbocycles. The number of benzene rings is 1. The smallest absolute Gasteiger partial charge is 0.260 e. The molecule has 6 nitrogen and oxygen atoms in total. The van der Waals surface area contributed by atoms with Crippen molar-refractivity contribution in [2.24, 2.45) is 5.73 Å². The van der Waals surface area contributed by atoms with E-state index >= 15 is 0 Å². The molecule has 2 atom stereocenters. The molecule has 1 aromatic rings. The second kappa shape index (κ2) is 7.35. The van der Waals surface area contributed by atoms with Gasteiger partial charge in [-0.05, 0) is 45.2 Å². The van der Waals surface area contributed by atoms with Crippen molar-refractivity contribution < 1.29 is 19.1 Å². The lowest BCUT2D eigenvalue weighted by Crippen LogP contribution is -2.49. The van der Waals surface area contributed by atoms with Crippen LogP contribution in [0, 0.1) is 0 Å². The molecule has 126 valence electrons. The highest BCUT2D eigenvalue weighted by Crippen LogP contribution is 2.26. The van der Waals surface area contributed by atoms with Crippen LogP contribution < -0.4 is 15.2 Å². The van der Waals surface area contributed by atoms with Gasteiger partial charge in [-0.1, -0.05) is 0 Å². The number of ether oxygens (including phenoxy) is 2. The molecule has 1 fully saturated rings.